The van der Waals surface area contributed by atoms with E-state index in [4.69, 9.17) is 10.8 Å². The Hall–Kier alpha value is -3.48. The van der Waals surface area contributed by atoms with E-state index in [1.807, 2.05) is 56.3 Å². The minimum absolute atomic E-state index is 0.135. The summed E-state index contributed by atoms with van der Waals surface area (Å²) >= 11 is 0. The molecule has 0 fully saturated rings. The molecule has 3 aromatic heterocycles. The van der Waals surface area contributed by atoms with Gasteiger partial charge in [0.1, 0.15) is 0 Å². The molecule has 2 N–H and O–H groups in total. The number of aromatic nitrogens is 5. The molecule has 1 aromatic carbocycles. The van der Waals surface area contributed by atoms with Crippen molar-refractivity contribution < 1.29 is 0 Å². The van der Waals surface area contributed by atoms with Crippen molar-refractivity contribution in [2.24, 2.45) is 5.92 Å². The highest BCUT2D eigenvalue weighted by molar-refractivity contribution is 5.90. The second kappa shape index (κ2) is 7.74. The van der Waals surface area contributed by atoms with Crippen LogP contribution in [0.15, 0.2) is 47.3 Å². The van der Waals surface area contributed by atoms with Crippen molar-refractivity contribution in [1.82, 2.24) is 24.1 Å². The number of benzene rings is 1. The molecule has 0 aliphatic heterocycles. The summed E-state index contributed by atoms with van der Waals surface area (Å²) in [7, 11) is 0. The van der Waals surface area contributed by atoms with E-state index in [1.165, 1.54) is 9.08 Å². The molecule has 0 aliphatic rings. The van der Waals surface area contributed by atoms with E-state index < -0.39 is 0 Å². The number of rotatable bonds is 5. The molecule has 0 saturated heterocycles. The highest BCUT2D eigenvalue weighted by Crippen LogP contribution is 2.34. The molecule has 7 heteroatoms. The molecule has 0 bridgehead atoms. The fourth-order valence-corrected chi connectivity index (χ4v) is 3.68. The van der Waals surface area contributed by atoms with Crippen LogP contribution in [0, 0.1) is 19.8 Å². The van der Waals surface area contributed by atoms with Crippen LogP contribution in [0.5, 0.6) is 0 Å². The largest absolute Gasteiger partial charge is 0.369 e. The van der Waals surface area contributed by atoms with Crippen molar-refractivity contribution in [2.75, 3.05) is 5.73 Å². The van der Waals surface area contributed by atoms with Crippen LogP contribution in [0.1, 0.15) is 31.7 Å². The van der Waals surface area contributed by atoms with E-state index in [2.05, 4.69) is 23.8 Å². The number of anilines is 1. The summed E-state index contributed by atoms with van der Waals surface area (Å²) in [5, 5.41) is 4.69. The molecule has 4 rings (SSSR count). The fraction of sp³-hybridized carbons (Fsp3) is 0.304. The molecule has 0 radical (unpaired) electrons. The Bertz CT molecular complexity index is 1250. The third-order valence-electron chi connectivity index (χ3n) is 5.09. The first kappa shape index (κ1) is 19.8. The maximum absolute atomic E-state index is 13.1. The lowest BCUT2D eigenvalue weighted by atomic mass is 9.99. The SMILES string of the molecule is Cc1cc(-c2c(-c3ccccc3)nc(N)n3c(=O)n(CCC(C)C)nc23)cc(C)n1. The maximum atomic E-state index is 13.1. The number of hydrogen-bond acceptors (Lipinski definition) is 5. The molecular weight excluding hydrogens is 376 g/mol. The van der Waals surface area contributed by atoms with Gasteiger partial charge in [0.15, 0.2) is 5.65 Å². The molecule has 4 aromatic rings. The van der Waals surface area contributed by atoms with Crippen molar-refractivity contribution >= 4 is 11.6 Å². The van der Waals surface area contributed by atoms with E-state index >= 15 is 0 Å². The number of nitrogens with two attached hydrogens (primary N) is 1. The number of pyridine rings is 1. The number of aryl methyl sites for hydroxylation is 3. The Morgan fingerprint density at radius 3 is 2.30 bits per heavy atom. The second-order valence-corrected chi connectivity index (χ2v) is 8.05. The third-order valence-corrected chi connectivity index (χ3v) is 5.09. The second-order valence-electron chi connectivity index (χ2n) is 8.05. The predicted molar refractivity (Wildman–Crippen MR) is 119 cm³/mol. The van der Waals surface area contributed by atoms with Gasteiger partial charge in [0.05, 0.1) is 11.3 Å². The molecular formula is C23H26N6O. The minimum atomic E-state index is -0.265. The number of nitrogen functional groups attached to an aromatic ring is 1. The molecule has 7 nitrogen and oxygen atoms in total. The molecule has 3 heterocycles. The van der Waals surface area contributed by atoms with Gasteiger partial charge in [-0.1, -0.05) is 44.2 Å². The van der Waals surface area contributed by atoms with Crippen molar-refractivity contribution in [2.45, 2.75) is 40.7 Å². The standard InChI is InChI=1S/C23H26N6O/c1-14(2)10-11-28-23(30)29-21(27-28)19(18-12-15(3)25-16(4)13-18)20(26-22(29)24)17-8-6-5-7-9-17/h5-9,12-14H,10-11H2,1-4H3,(H2,24,26). The van der Waals surface area contributed by atoms with Gasteiger partial charge in [-0.3, -0.25) is 4.98 Å². The highest BCUT2D eigenvalue weighted by Gasteiger charge is 2.21. The van der Waals surface area contributed by atoms with E-state index in [-0.39, 0.29) is 11.6 Å². The zero-order valence-electron chi connectivity index (χ0n) is 17.8. The molecule has 154 valence electrons. The zero-order chi connectivity index (χ0) is 21.4. The van der Waals surface area contributed by atoms with Crippen LogP contribution in [0.2, 0.25) is 0 Å². The van der Waals surface area contributed by atoms with Crippen LogP contribution in [-0.2, 0) is 6.54 Å². The molecule has 0 saturated carbocycles. The highest BCUT2D eigenvalue weighted by atomic mass is 16.2. The lowest BCUT2D eigenvalue weighted by Crippen LogP contribution is -2.23. The van der Waals surface area contributed by atoms with Crippen molar-refractivity contribution in [3.05, 3.63) is 64.3 Å². The molecule has 0 spiro atoms. The van der Waals surface area contributed by atoms with Crippen LogP contribution in [-0.4, -0.2) is 24.1 Å². The summed E-state index contributed by atoms with van der Waals surface area (Å²) < 4.78 is 2.90. The van der Waals surface area contributed by atoms with Crippen molar-refractivity contribution in [3.63, 3.8) is 0 Å². The summed E-state index contributed by atoms with van der Waals surface area (Å²) in [6.07, 6.45) is 0.853. The average molecular weight is 403 g/mol. The van der Waals surface area contributed by atoms with Gasteiger partial charge >= 0.3 is 5.69 Å². The van der Waals surface area contributed by atoms with Gasteiger partial charge < -0.3 is 5.73 Å². The zero-order valence-corrected chi connectivity index (χ0v) is 17.8. The molecule has 0 unspecified atom stereocenters. The molecule has 30 heavy (non-hydrogen) atoms. The van der Waals surface area contributed by atoms with Gasteiger partial charge in [-0.25, -0.2) is 18.9 Å². The first-order valence-corrected chi connectivity index (χ1v) is 10.1. The van der Waals surface area contributed by atoms with Gasteiger partial charge in [0.2, 0.25) is 5.95 Å². The fourth-order valence-electron chi connectivity index (χ4n) is 3.68. The predicted octanol–water partition coefficient (Wildman–Crippen LogP) is 3.87. The summed E-state index contributed by atoms with van der Waals surface area (Å²) in [5.74, 6) is 0.595. The topological polar surface area (TPSA) is 91.1 Å². The lowest BCUT2D eigenvalue weighted by Gasteiger charge is -2.13. The molecule has 0 amide bonds. The first-order chi connectivity index (χ1) is 14.3. The van der Waals surface area contributed by atoms with E-state index in [0.717, 1.165) is 34.5 Å². The Labute approximate surface area is 175 Å². The van der Waals surface area contributed by atoms with Gasteiger partial charge in [0, 0.05) is 23.5 Å². The van der Waals surface area contributed by atoms with Crippen LogP contribution in [0.3, 0.4) is 0 Å². The van der Waals surface area contributed by atoms with E-state index in [9.17, 15) is 4.79 Å². The van der Waals surface area contributed by atoms with Crippen LogP contribution < -0.4 is 11.4 Å². The monoisotopic (exact) mass is 402 g/mol. The van der Waals surface area contributed by atoms with E-state index in [1.54, 1.807) is 0 Å². The summed E-state index contributed by atoms with van der Waals surface area (Å²) in [5.41, 5.74) is 11.6. The van der Waals surface area contributed by atoms with Gasteiger partial charge in [0.25, 0.3) is 0 Å². The number of hydrogen-bond donors (Lipinski definition) is 1. The van der Waals surface area contributed by atoms with Gasteiger partial charge in [-0.05, 0) is 43.9 Å². The van der Waals surface area contributed by atoms with Crippen LogP contribution in [0.4, 0.5) is 5.95 Å². The van der Waals surface area contributed by atoms with Gasteiger partial charge in [-0.2, -0.15) is 0 Å². The van der Waals surface area contributed by atoms with Crippen LogP contribution in [0.25, 0.3) is 28.0 Å². The molecule has 0 aliphatic carbocycles. The Kier molecular flexibility index (Phi) is 5.11. The lowest BCUT2D eigenvalue weighted by molar-refractivity contribution is 0.478. The Morgan fingerprint density at radius 2 is 1.67 bits per heavy atom. The number of nitrogens with zero attached hydrogens (tertiary/aromatic N) is 5. The summed E-state index contributed by atoms with van der Waals surface area (Å²) in [4.78, 5) is 22.2. The smallest absolute Gasteiger partial charge is 0.353 e. The maximum Gasteiger partial charge on any atom is 0.353 e. The minimum Gasteiger partial charge on any atom is -0.369 e. The van der Waals surface area contributed by atoms with E-state index in [0.29, 0.717) is 23.8 Å². The Morgan fingerprint density at radius 1 is 1.00 bits per heavy atom. The normalized spacial score (nSPS) is 11.5. The Balaban J connectivity index is 2.07. The van der Waals surface area contributed by atoms with Crippen molar-refractivity contribution in [3.8, 4) is 22.4 Å². The number of fused-ring (bicyclic) bond motifs is 1. The summed E-state index contributed by atoms with van der Waals surface area (Å²) in [6, 6.07) is 13.8. The molecule has 0 atom stereocenters. The van der Waals surface area contributed by atoms with Gasteiger partial charge in [-0.15, -0.1) is 5.10 Å². The average Bonchev–Trinajstić information content (AvgIpc) is 3.03. The quantitative estimate of drug-likeness (QED) is 0.547. The van der Waals surface area contributed by atoms with Crippen molar-refractivity contribution in [1.29, 1.82) is 0 Å². The third kappa shape index (κ3) is 3.58. The summed E-state index contributed by atoms with van der Waals surface area (Å²) in [6.45, 7) is 8.69. The van der Waals surface area contributed by atoms with Crippen LogP contribution >= 0.6 is 0 Å². The first-order valence-electron chi connectivity index (χ1n) is 10.1.